The lowest BCUT2D eigenvalue weighted by atomic mass is 10.2. The molecule has 32 heavy (non-hydrogen) atoms. The molecule has 0 fully saturated rings. The molecule has 3 aromatic rings. The molecule has 170 valence electrons. The lowest BCUT2D eigenvalue weighted by Gasteiger charge is -2.15. The van der Waals surface area contributed by atoms with E-state index < -0.39 is 20.0 Å². The van der Waals surface area contributed by atoms with E-state index in [9.17, 15) is 21.6 Å². The van der Waals surface area contributed by atoms with E-state index in [2.05, 4.69) is 20.0 Å². The highest BCUT2D eigenvalue weighted by Crippen LogP contribution is 2.20. The summed E-state index contributed by atoms with van der Waals surface area (Å²) in [5.74, 6) is -0.353. The van der Waals surface area contributed by atoms with Crippen molar-refractivity contribution >= 4 is 48.9 Å². The topological polar surface area (TPSA) is 138 Å². The van der Waals surface area contributed by atoms with Gasteiger partial charge in [-0.05, 0) is 48.2 Å². The number of carbonyl (C=O) groups excluding carboxylic acids is 1. The van der Waals surface area contributed by atoms with E-state index in [1.54, 1.807) is 17.5 Å². The monoisotopic (exact) mass is 495 g/mol. The molecule has 10 nitrogen and oxygen atoms in total. The maximum Gasteiger partial charge on any atom is 0.264 e. The average molecular weight is 496 g/mol. The predicted octanol–water partition coefficient (Wildman–Crippen LogP) is 2.38. The molecule has 1 amide bonds. The normalized spacial score (nSPS) is 11.9. The molecule has 0 saturated carbocycles. The lowest BCUT2D eigenvalue weighted by molar-refractivity contribution is -0.116. The van der Waals surface area contributed by atoms with Crippen molar-refractivity contribution in [2.75, 3.05) is 23.6 Å². The van der Waals surface area contributed by atoms with Gasteiger partial charge in [-0.1, -0.05) is 6.07 Å². The van der Waals surface area contributed by atoms with Gasteiger partial charge >= 0.3 is 0 Å². The molecule has 0 atom stereocenters. The molecule has 0 aliphatic heterocycles. The minimum absolute atomic E-state index is 0.0108. The van der Waals surface area contributed by atoms with Crippen molar-refractivity contribution in [3.8, 4) is 0 Å². The highest BCUT2D eigenvalue weighted by atomic mass is 32.2. The smallest absolute Gasteiger partial charge is 0.264 e. The van der Waals surface area contributed by atoms with Gasteiger partial charge in [-0.3, -0.25) is 4.79 Å². The Morgan fingerprint density at radius 2 is 1.72 bits per heavy atom. The van der Waals surface area contributed by atoms with Gasteiger partial charge in [-0.15, -0.1) is 11.3 Å². The summed E-state index contributed by atoms with van der Waals surface area (Å²) in [5.41, 5.74) is 0.421. The quantitative estimate of drug-likeness (QED) is 0.440. The van der Waals surface area contributed by atoms with Gasteiger partial charge in [0.05, 0.1) is 4.90 Å². The number of benzene rings is 1. The van der Waals surface area contributed by atoms with E-state index in [0.717, 1.165) is 11.3 Å². The molecule has 3 rings (SSSR count). The number of aromatic nitrogens is 2. The van der Waals surface area contributed by atoms with E-state index in [4.69, 9.17) is 0 Å². The van der Waals surface area contributed by atoms with Crippen molar-refractivity contribution in [1.29, 1.82) is 0 Å². The van der Waals surface area contributed by atoms with Crippen molar-refractivity contribution in [3.63, 3.8) is 0 Å². The Hall–Kier alpha value is -2.87. The Bertz CT molecular complexity index is 1250. The number of sulfonamides is 2. The minimum Gasteiger partial charge on any atom is -0.326 e. The van der Waals surface area contributed by atoms with Gasteiger partial charge in [0.15, 0.2) is 0 Å². The van der Waals surface area contributed by atoms with Crippen molar-refractivity contribution in [2.24, 2.45) is 0 Å². The maximum absolute atomic E-state index is 12.4. The van der Waals surface area contributed by atoms with Gasteiger partial charge in [0, 0.05) is 38.1 Å². The number of rotatable bonds is 10. The van der Waals surface area contributed by atoms with Crippen molar-refractivity contribution in [2.45, 2.75) is 21.9 Å². The summed E-state index contributed by atoms with van der Waals surface area (Å²) < 4.78 is 53.2. The van der Waals surface area contributed by atoms with E-state index in [-0.39, 0.29) is 33.9 Å². The second-order valence-electron chi connectivity index (χ2n) is 6.61. The Kier molecular flexibility index (Phi) is 7.56. The van der Waals surface area contributed by atoms with Crippen LogP contribution in [0.25, 0.3) is 0 Å². The predicted molar refractivity (Wildman–Crippen MR) is 121 cm³/mol. The summed E-state index contributed by atoms with van der Waals surface area (Å²) in [6.07, 6.45) is 3.27. The van der Waals surface area contributed by atoms with Crippen LogP contribution >= 0.6 is 11.3 Å². The largest absolute Gasteiger partial charge is 0.326 e. The van der Waals surface area contributed by atoms with Crippen LogP contribution in [-0.2, 0) is 24.8 Å². The van der Waals surface area contributed by atoms with Crippen molar-refractivity contribution in [1.82, 2.24) is 14.3 Å². The summed E-state index contributed by atoms with van der Waals surface area (Å²) in [7, 11) is -5.94. The molecule has 2 heterocycles. The lowest BCUT2D eigenvalue weighted by Crippen LogP contribution is -2.28. The third-order valence-electron chi connectivity index (χ3n) is 4.28. The highest BCUT2D eigenvalue weighted by Gasteiger charge is 2.21. The molecular formula is C19H21N5O5S3. The summed E-state index contributed by atoms with van der Waals surface area (Å²) in [6, 6.07) is 10.4. The first kappa shape index (κ1) is 23.8. The first-order valence-corrected chi connectivity index (χ1v) is 13.2. The van der Waals surface area contributed by atoms with E-state index in [1.165, 1.54) is 54.1 Å². The summed E-state index contributed by atoms with van der Waals surface area (Å²) in [5, 5.41) is 4.36. The molecule has 0 unspecified atom stereocenters. The summed E-state index contributed by atoms with van der Waals surface area (Å²) >= 11 is 1.14. The fraction of sp³-hybridized carbons (Fsp3) is 0.211. The molecule has 0 bridgehead atoms. The van der Waals surface area contributed by atoms with Crippen LogP contribution in [0, 0.1) is 0 Å². The van der Waals surface area contributed by atoms with Gasteiger partial charge in [0.1, 0.15) is 4.21 Å². The van der Waals surface area contributed by atoms with Crippen LogP contribution in [-0.4, -0.2) is 50.6 Å². The number of hydrogen-bond acceptors (Lipinski definition) is 8. The zero-order valence-corrected chi connectivity index (χ0v) is 19.5. The highest BCUT2D eigenvalue weighted by molar-refractivity contribution is 7.92. The molecule has 2 N–H and O–H groups in total. The fourth-order valence-corrected chi connectivity index (χ4v) is 5.99. The Morgan fingerprint density at radius 1 is 1.03 bits per heavy atom. The number of amides is 1. The van der Waals surface area contributed by atoms with Crippen LogP contribution in [0.2, 0.25) is 0 Å². The van der Waals surface area contributed by atoms with Crippen LogP contribution in [0.5, 0.6) is 0 Å². The third kappa shape index (κ3) is 6.09. The Balaban J connectivity index is 1.50. The molecule has 1 aromatic carbocycles. The fourth-order valence-electron chi connectivity index (χ4n) is 2.62. The van der Waals surface area contributed by atoms with Gasteiger partial charge in [-0.2, -0.15) is 0 Å². The van der Waals surface area contributed by atoms with Gasteiger partial charge < -0.3 is 5.32 Å². The standard InChI is InChI=1S/C19H21N5O5S3/c1-24(32(28,29)18-6-3-14-30-18)13-2-5-17(25)22-15-7-9-16(10-8-15)31(26,27)23-19-20-11-4-12-21-19/h3-4,6-12,14H,2,5,13H2,1H3,(H,22,25)(H,20,21,23). The van der Waals surface area contributed by atoms with E-state index in [0.29, 0.717) is 12.1 Å². The second-order valence-corrected chi connectivity index (χ2v) is 11.5. The van der Waals surface area contributed by atoms with E-state index in [1.807, 2.05) is 0 Å². The van der Waals surface area contributed by atoms with Crippen LogP contribution < -0.4 is 10.0 Å². The zero-order chi connectivity index (χ0) is 23.2. The molecule has 0 spiro atoms. The number of nitrogens with zero attached hydrogens (tertiary/aromatic N) is 3. The summed E-state index contributed by atoms with van der Waals surface area (Å²) in [6.45, 7) is 0.193. The molecule has 0 aliphatic rings. The van der Waals surface area contributed by atoms with Gasteiger partial charge in [0.25, 0.3) is 20.0 Å². The molecular weight excluding hydrogens is 474 g/mol. The Labute approximate surface area is 190 Å². The molecule has 0 radical (unpaired) electrons. The number of anilines is 2. The van der Waals surface area contributed by atoms with Crippen LogP contribution in [0.15, 0.2) is 69.3 Å². The Morgan fingerprint density at radius 3 is 2.34 bits per heavy atom. The van der Waals surface area contributed by atoms with E-state index >= 15 is 0 Å². The number of nitrogens with one attached hydrogen (secondary N) is 2. The van der Waals surface area contributed by atoms with Gasteiger partial charge in [-0.25, -0.2) is 35.8 Å². The molecule has 0 saturated heterocycles. The minimum atomic E-state index is -3.86. The first-order valence-electron chi connectivity index (χ1n) is 9.38. The first-order chi connectivity index (χ1) is 15.2. The molecule has 0 aliphatic carbocycles. The number of thiophene rings is 1. The van der Waals surface area contributed by atoms with Crippen LogP contribution in [0.1, 0.15) is 12.8 Å². The molecule has 2 aromatic heterocycles. The van der Waals surface area contributed by atoms with Crippen LogP contribution in [0.3, 0.4) is 0 Å². The maximum atomic E-state index is 12.4. The summed E-state index contributed by atoms with van der Waals surface area (Å²) in [4.78, 5) is 19.8. The molecule has 13 heteroatoms. The van der Waals surface area contributed by atoms with Crippen molar-refractivity contribution in [3.05, 3.63) is 60.2 Å². The van der Waals surface area contributed by atoms with Crippen LogP contribution in [0.4, 0.5) is 11.6 Å². The third-order valence-corrected chi connectivity index (χ3v) is 8.85. The SMILES string of the molecule is CN(CCCC(=O)Nc1ccc(S(=O)(=O)Nc2ncccn2)cc1)S(=O)(=O)c1cccs1. The average Bonchev–Trinajstić information content (AvgIpc) is 3.30. The van der Waals surface area contributed by atoms with Crippen molar-refractivity contribution < 1.29 is 21.6 Å². The number of hydrogen-bond donors (Lipinski definition) is 2. The number of carbonyl (C=O) groups is 1. The second kappa shape index (κ2) is 10.2. The zero-order valence-electron chi connectivity index (χ0n) is 17.0. The van der Waals surface area contributed by atoms with Gasteiger partial charge in [0.2, 0.25) is 11.9 Å².